The lowest BCUT2D eigenvalue weighted by molar-refractivity contribution is 0.221. The van der Waals surface area contributed by atoms with Gasteiger partial charge in [-0.15, -0.1) is 11.3 Å². The van der Waals surface area contributed by atoms with Crippen LogP contribution >= 0.6 is 22.9 Å². The molecule has 1 aromatic heterocycles. The van der Waals surface area contributed by atoms with Gasteiger partial charge in [-0.1, -0.05) is 23.7 Å². The molecule has 2 rings (SSSR count). The van der Waals surface area contributed by atoms with E-state index in [1.807, 2.05) is 24.3 Å². The van der Waals surface area contributed by atoms with Crippen LogP contribution in [-0.4, -0.2) is 25.1 Å². The minimum absolute atomic E-state index is 0.195. The van der Waals surface area contributed by atoms with Crippen LogP contribution in [0.2, 0.25) is 4.34 Å². The quantitative estimate of drug-likeness (QED) is 0.924. The third kappa shape index (κ3) is 3.65. The maximum atomic E-state index is 12.1. The number of anilines is 1. The Morgan fingerprint density at radius 3 is 2.75 bits per heavy atom. The molecule has 20 heavy (non-hydrogen) atoms. The zero-order valence-electron chi connectivity index (χ0n) is 11.2. The predicted octanol–water partition coefficient (Wildman–Crippen LogP) is 4.07. The molecule has 106 valence electrons. The highest BCUT2D eigenvalue weighted by molar-refractivity contribution is 7.16. The first-order valence-corrected chi connectivity index (χ1v) is 7.19. The SMILES string of the molecule is COc1ccccc1NC(=O)N(C)Cc1ccc(Cl)s1. The highest BCUT2D eigenvalue weighted by Crippen LogP contribution is 2.25. The molecule has 0 radical (unpaired) electrons. The number of rotatable bonds is 4. The molecule has 4 nitrogen and oxygen atoms in total. The Morgan fingerprint density at radius 1 is 1.35 bits per heavy atom. The van der Waals surface area contributed by atoms with Crippen LogP contribution in [-0.2, 0) is 6.54 Å². The van der Waals surface area contributed by atoms with Crippen LogP contribution in [0.15, 0.2) is 36.4 Å². The monoisotopic (exact) mass is 310 g/mol. The third-order valence-corrected chi connectivity index (χ3v) is 3.93. The van der Waals surface area contributed by atoms with Gasteiger partial charge in [-0.05, 0) is 24.3 Å². The molecular formula is C14H15ClN2O2S. The van der Waals surface area contributed by atoms with Crippen molar-refractivity contribution in [2.75, 3.05) is 19.5 Å². The predicted molar refractivity (Wildman–Crippen MR) is 82.8 cm³/mol. The maximum Gasteiger partial charge on any atom is 0.322 e. The smallest absolute Gasteiger partial charge is 0.322 e. The molecule has 0 saturated carbocycles. The minimum Gasteiger partial charge on any atom is -0.495 e. The number of amides is 2. The number of methoxy groups -OCH3 is 1. The molecule has 0 spiro atoms. The Bertz CT molecular complexity index is 600. The van der Waals surface area contributed by atoms with Gasteiger partial charge in [0.05, 0.1) is 23.7 Å². The summed E-state index contributed by atoms with van der Waals surface area (Å²) in [5.74, 6) is 0.633. The van der Waals surface area contributed by atoms with Gasteiger partial charge in [-0.2, -0.15) is 0 Å². The standard InChI is InChI=1S/C14H15ClN2O2S/c1-17(9-10-7-8-13(15)20-10)14(18)16-11-5-3-4-6-12(11)19-2/h3-8H,9H2,1-2H3,(H,16,18). The summed E-state index contributed by atoms with van der Waals surface area (Å²) in [5.41, 5.74) is 0.649. The van der Waals surface area contributed by atoms with E-state index in [2.05, 4.69) is 5.32 Å². The normalized spacial score (nSPS) is 10.2. The average Bonchev–Trinajstić information content (AvgIpc) is 2.84. The zero-order chi connectivity index (χ0) is 14.5. The molecule has 0 aliphatic rings. The number of carbonyl (C=O) groups excluding carboxylic acids is 1. The molecule has 0 saturated heterocycles. The molecule has 0 aliphatic heterocycles. The number of nitrogens with one attached hydrogen (secondary N) is 1. The minimum atomic E-state index is -0.195. The zero-order valence-corrected chi connectivity index (χ0v) is 12.8. The van der Waals surface area contributed by atoms with E-state index in [0.717, 1.165) is 9.21 Å². The number of hydrogen-bond acceptors (Lipinski definition) is 3. The second kappa shape index (κ2) is 6.63. The average molecular weight is 311 g/mol. The van der Waals surface area contributed by atoms with Gasteiger partial charge in [0.1, 0.15) is 5.75 Å². The maximum absolute atomic E-state index is 12.1. The number of ether oxygens (including phenoxy) is 1. The van der Waals surface area contributed by atoms with Crippen LogP contribution < -0.4 is 10.1 Å². The summed E-state index contributed by atoms with van der Waals surface area (Å²) >= 11 is 7.34. The van der Waals surface area contributed by atoms with E-state index in [-0.39, 0.29) is 6.03 Å². The molecule has 0 fully saturated rings. The summed E-state index contributed by atoms with van der Waals surface area (Å²) < 4.78 is 5.92. The molecule has 0 atom stereocenters. The van der Waals surface area contributed by atoms with E-state index in [1.165, 1.54) is 11.3 Å². The molecule has 2 aromatic rings. The van der Waals surface area contributed by atoms with Crippen molar-refractivity contribution in [1.82, 2.24) is 4.90 Å². The van der Waals surface area contributed by atoms with E-state index in [0.29, 0.717) is 18.0 Å². The summed E-state index contributed by atoms with van der Waals surface area (Å²) in [6.07, 6.45) is 0. The Labute approximate surface area is 126 Å². The van der Waals surface area contributed by atoms with Crippen molar-refractivity contribution in [1.29, 1.82) is 0 Å². The van der Waals surface area contributed by atoms with Crippen LogP contribution in [0.3, 0.4) is 0 Å². The molecule has 0 unspecified atom stereocenters. The Hall–Kier alpha value is -1.72. The van der Waals surface area contributed by atoms with Gasteiger partial charge in [-0.25, -0.2) is 4.79 Å². The summed E-state index contributed by atoms with van der Waals surface area (Å²) in [6.45, 7) is 0.512. The van der Waals surface area contributed by atoms with Gasteiger partial charge in [-0.3, -0.25) is 0 Å². The van der Waals surface area contributed by atoms with Crippen molar-refractivity contribution in [2.45, 2.75) is 6.54 Å². The van der Waals surface area contributed by atoms with Crippen LogP contribution in [0.25, 0.3) is 0 Å². The Morgan fingerprint density at radius 2 is 2.10 bits per heavy atom. The van der Waals surface area contributed by atoms with Gasteiger partial charge in [0, 0.05) is 11.9 Å². The fraction of sp³-hybridized carbons (Fsp3) is 0.214. The Balaban J connectivity index is 2.00. The van der Waals surface area contributed by atoms with Crippen molar-refractivity contribution >= 4 is 34.7 Å². The fourth-order valence-corrected chi connectivity index (χ4v) is 2.84. The molecule has 0 aliphatic carbocycles. The van der Waals surface area contributed by atoms with E-state index in [9.17, 15) is 4.79 Å². The van der Waals surface area contributed by atoms with Crippen molar-refractivity contribution in [3.05, 3.63) is 45.6 Å². The summed E-state index contributed by atoms with van der Waals surface area (Å²) in [4.78, 5) is 14.7. The van der Waals surface area contributed by atoms with Crippen LogP contribution in [0.5, 0.6) is 5.75 Å². The highest BCUT2D eigenvalue weighted by atomic mass is 35.5. The summed E-state index contributed by atoms with van der Waals surface area (Å²) in [6, 6.07) is 10.8. The second-order valence-corrected chi connectivity index (χ2v) is 5.99. The number of nitrogens with zero attached hydrogens (tertiary/aromatic N) is 1. The van der Waals surface area contributed by atoms with Crippen molar-refractivity contribution in [2.24, 2.45) is 0 Å². The number of carbonyl (C=O) groups is 1. The molecule has 0 bridgehead atoms. The van der Waals surface area contributed by atoms with Gasteiger partial charge in [0.2, 0.25) is 0 Å². The number of para-hydroxylation sites is 2. The number of urea groups is 1. The summed E-state index contributed by atoms with van der Waals surface area (Å²) in [7, 11) is 3.31. The van der Waals surface area contributed by atoms with Crippen LogP contribution in [0, 0.1) is 0 Å². The van der Waals surface area contributed by atoms with E-state index >= 15 is 0 Å². The van der Waals surface area contributed by atoms with E-state index in [4.69, 9.17) is 16.3 Å². The summed E-state index contributed by atoms with van der Waals surface area (Å²) in [5, 5.41) is 2.82. The van der Waals surface area contributed by atoms with Gasteiger partial charge in [0.15, 0.2) is 0 Å². The number of thiophene rings is 1. The largest absolute Gasteiger partial charge is 0.495 e. The van der Waals surface area contributed by atoms with Gasteiger partial charge < -0.3 is 15.0 Å². The lowest BCUT2D eigenvalue weighted by Gasteiger charge is -2.18. The van der Waals surface area contributed by atoms with E-state index in [1.54, 1.807) is 31.2 Å². The molecule has 1 heterocycles. The van der Waals surface area contributed by atoms with Gasteiger partial charge >= 0.3 is 6.03 Å². The van der Waals surface area contributed by atoms with Gasteiger partial charge in [0.25, 0.3) is 0 Å². The number of hydrogen-bond donors (Lipinski definition) is 1. The van der Waals surface area contributed by atoms with Crippen molar-refractivity contribution in [3.8, 4) is 5.75 Å². The molecule has 1 aromatic carbocycles. The number of benzene rings is 1. The highest BCUT2D eigenvalue weighted by Gasteiger charge is 2.12. The molecule has 6 heteroatoms. The fourth-order valence-electron chi connectivity index (χ4n) is 1.70. The van der Waals surface area contributed by atoms with Crippen molar-refractivity contribution < 1.29 is 9.53 Å². The molecule has 1 N–H and O–H groups in total. The van der Waals surface area contributed by atoms with E-state index < -0.39 is 0 Å². The Kier molecular flexibility index (Phi) is 4.87. The van der Waals surface area contributed by atoms with Crippen LogP contribution in [0.1, 0.15) is 4.88 Å². The van der Waals surface area contributed by atoms with Crippen molar-refractivity contribution in [3.63, 3.8) is 0 Å². The second-order valence-electron chi connectivity index (χ2n) is 4.19. The molecule has 2 amide bonds. The first-order valence-electron chi connectivity index (χ1n) is 5.99. The lowest BCUT2D eigenvalue weighted by atomic mass is 10.3. The first kappa shape index (κ1) is 14.7. The lowest BCUT2D eigenvalue weighted by Crippen LogP contribution is -2.30. The van der Waals surface area contributed by atoms with Crippen LogP contribution in [0.4, 0.5) is 10.5 Å². The topological polar surface area (TPSA) is 41.6 Å². The first-order chi connectivity index (χ1) is 9.60. The third-order valence-electron chi connectivity index (χ3n) is 2.72. The molecular weight excluding hydrogens is 296 g/mol. The number of halogens is 1.